The van der Waals surface area contributed by atoms with E-state index in [9.17, 15) is 8.42 Å². The zero-order valence-electron chi connectivity index (χ0n) is 12.8. The molecule has 0 atom stereocenters. The first kappa shape index (κ1) is 17.5. The third-order valence-electron chi connectivity index (χ3n) is 2.81. The molecule has 21 heavy (non-hydrogen) atoms. The van der Waals surface area contributed by atoms with Crippen molar-refractivity contribution in [2.24, 2.45) is 4.99 Å². The van der Waals surface area contributed by atoms with Crippen molar-refractivity contribution in [3.63, 3.8) is 0 Å². The molecule has 0 saturated carbocycles. The molecule has 0 saturated heterocycles. The second-order valence-corrected chi connectivity index (χ2v) is 6.69. The Kier molecular flexibility index (Phi) is 7.18. The predicted molar refractivity (Wildman–Crippen MR) is 86.8 cm³/mol. The molecule has 0 aliphatic heterocycles. The Labute approximate surface area is 127 Å². The van der Waals surface area contributed by atoms with E-state index in [1.165, 1.54) is 11.1 Å². The Morgan fingerprint density at radius 3 is 2.38 bits per heavy atom. The Morgan fingerprint density at radius 1 is 1.14 bits per heavy atom. The van der Waals surface area contributed by atoms with Crippen LogP contribution in [0.15, 0.2) is 29.3 Å². The third-order valence-corrected chi connectivity index (χ3v) is 3.54. The number of nitrogens with zero attached hydrogens (tertiary/aromatic N) is 1. The van der Waals surface area contributed by atoms with Crippen molar-refractivity contribution < 1.29 is 8.42 Å². The lowest BCUT2D eigenvalue weighted by molar-refractivity contribution is 0.584. The molecule has 118 valence electrons. The standard InChI is InChI=1S/C14H24N4O2S/c1-12-5-7-13(8-6-12)11-17-14(15-2)16-9-4-10-18-21(3,19)20/h5-8,18H,4,9-11H2,1-3H3,(H2,15,16,17). The highest BCUT2D eigenvalue weighted by molar-refractivity contribution is 7.88. The first-order chi connectivity index (χ1) is 9.90. The summed E-state index contributed by atoms with van der Waals surface area (Å²) < 4.78 is 24.2. The topological polar surface area (TPSA) is 82.6 Å². The molecule has 6 nitrogen and oxygen atoms in total. The van der Waals surface area contributed by atoms with E-state index in [-0.39, 0.29) is 0 Å². The highest BCUT2D eigenvalue weighted by Gasteiger charge is 2.00. The fourth-order valence-electron chi connectivity index (χ4n) is 1.67. The van der Waals surface area contributed by atoms with Gasteiger partial charge in [0, 0.05) is 26.7 Å². The van der Waals surface area contributed by atoms with Gasteiger partial charge in [0.05, 0.1) is 6.26 Å². The fourth-order valence-corrected chi connectivity index (χ4v) is 2.18. The van der Waals surface area contributed by atoms with Gasteiger partial charge in [-0.1, -0.05) is 29.8 Å². The van der Waals surface area contributed by atoms with Gasteiger partial charge in [0.25, 0.3) is 0 Å². The van der Waals surface area contributed by atoms with Crippen LogP contribution in [0.4, 0.5) is 0 Å². The normalized spacial score (nSPS) is 12.2. The summed E-state index contributed by atoms with van der Waals surface area (Å²) in [6, 6.07) is 8.30. The quantitative estimate of drug-likeness (QED) is 0.391. The van der Waals surface area contributed by atoms with Crippen LogP contribution >= 0.6 is 0 Å². The summed E-state index contributed by atoms with van der Waals surface area (Å²) in [5.41, 5.74) is 2.42. The Balaban J connectivity index is 2.25. The van der Waals surface area contributed by atoms with Gasteiger partial charge >= 0.3 is 0 Å². The van der Waals surface area contributed by atoms with Crippen LogP contribution in [0.1, 0.15) is 17.5 Å². The van der Waals surface area contributed by atoms with Crippen LogP contribution in [0.2, 0.25) is 0 Å². The van der Waals surface area contributed by atoms with Gasteiger partial charge in [-0.25, -0.2) is 13.1 Å². The van der Waals surface area contributed by atoms with E-state index in [1.54, 1.807) is 7.05 Å². The van der Waals surface area contributed by atoms with Crippen LogP contribution in [0.3, 0.4) is 0 Å². The van der Waals surface area contributed by atoms with Crippen LogP contribution in [0.25, 0.3) is 0 Å². The molecule has 7 heteroatoms. The minimum atomic E-state index is -3.10. The van der Waals surface area contributed by atoms with Crippen molar-refractivity contribution in [2.45, 2.75) is 19.9 Å². The molecule has 0 aliphatic carbocycles. The lowest BCUT2D eigenvalue weighted by atomic mass is 10.1. The number of nitrogens with one attached hydrogen (secondary N) is 3. The Hall–Kier alpha value is -1.60. The lowest BCUT2D eigenvalue weighted by Crippen LogP contribution is -2.38. The highest BCUT2D eigenvalue weighted by atomic mass is 32.2. The fraction of sp³-hybridized carbons (Fsp3) is 0.500. The van der Waals surface area contributed by atoms with Crippen molar-refractivity contribution >= 4 is 16.0 Å². The van der Waals surface area contributed by atoms with Crippen LogP contribution < -0.4 is 15.4 Å². The summed E-state index contributed by atoms with van der Waals surface area (Å²) in [6.45, 7) is 3.82. The number of benzene rings is 1. The largest absolute Gasteiger partial charge is 0.356 e. The van der Waals surface area contributed by atoms with E-state index in [4.69, 9.17) is 0 Å². The minimum Gasteiger partial charge on any atom is -0.356 e. The first-order valence-corrected chi connectivity index (χ1v) is 8.74. The molecular weight excluding hydrogens is 288 g/mol. The zero-order valence-corrected chi connectivity index (χ0v) is 13.6. The van der Waals surface area contributed by atoms with Gasteiger partial charge < -0.3 is 10.6 Å². The van der Waals surface area contributed by atoms with Gasteiger partial charge in [0.2, 0.25) is 10.0 Å². The summed E-state index contributed by atoms with van der Waals surface area (Å²) in [5.74, 6) is 0.704. The van der Waals surface area contributed by atoms with Gasteiger partial charge in [0.1, 0.15) is 0 Å². The molecular formula is C14H24N4O2S. The van der Waals surface area contributed by atoms with Crippen molar-refractivity contribution in [2.75, 3.05) is 26.4 Å². The summed E-state index contributed by atoms with van der Waals surface area (Å²) in [6.07, 6.45) is 1.85. The van der Waals surface area contributed by atoms with E-state index in [0.717, 1.165) is 6.26 Å². The number of aliphatic imine (C=N–C) groups is 1. The number of guanidine groups is 1. The van der Waals surface area contributed by atoms with E-state index in [1.807, 2.05) is 0 Å². The third kappa shape index (κ3) is 8.31. The maximum atomic E-state index is 10.9. The van der Waals surface area contributed by atoms with E-state index < -0.39 is 10.0 Å². The molecule has 1 aromatic carbocycles. The SMILES string of the molecule is CN=C(NCCCNS(C)(=O)=O)NCc1ccc(C)cc1. The summed E-state index contributed by atoms with van der Waals surface area (Å²) >= 11 is 0. The number of aryl methyl sites for hydroxylation is 1. The molecule has 0 unspecified atom stereocenters. The zero-order chi connectivity index (χ0) is 15.7. The molecule has 0 spiro atoms. The molecule has 0 aliphatic rings. The van der Waals surface area contributed by atoms with Crippen molar-refractivity contribution in [3.8, 4) is 0 Å². The van der Waals surface area contributed by atoms with Gasteiger partial charge in [0.15, 0.2) is 5.96 Å². The lowest BCUT2D eigenvalue weighted by Gasteiger charge is -2.12. The van der Waals surface area contributed by atoms with Gasteiger partial charge in [-0.15, -0.1) is 0 Å². The first-order valence-electron chi connectivity index (χ1n) is 6.85. The highest BCUT2D eigenvalue weighted by Crippen LogP contribution is 2.02. The maximum Gasteiger partial charge on any atom is 0.208 e. The molecule has 0 heterocycles. The second-order valence-electron chi connectivity index (χ2n) is 4.86. The van der Waals surface area contributed by atoms with Crippen molar-refractivity contribution in [1.82, 2.24) is 15.4 Å². The van der Waals surface area contributed by atoms with Crippen LogP contribution in [0.5, 0.6) is 0 Å². The Morgan fingerprint density at radius 2 is 1.81 bits per heavy atom. The van der Waals surface area contributed by atoms with Crippen LogP contribution in [-0.2, 0) is 16.6 Å². The average Bonchev–Trinajstić information content (AvgIpc) is 2.42. The molecule has 0 radical (unpaired) electrons. The molecule has 1 aromatic rings. The molecule has 0 fully saturated rings. The van der Waals surface area contributed by atoms with Crippen molar-refractivity contribution in [1.29, 1.82) is 0 Å². The number of rotatable bonds is 7. The molecule has 1 rings (SSSR count). The Bertz CT molecular complexity index is 553. The molecule has 0 bridgehead atoms. The van der Waals surface area contributed by atoms with Gasteiger partial charge in [-0.2, -0.15) is 0 Å². The predicted octanol–water partition coefficient (Wildman–Crippen LogP) is 0.599. The monoisotopic (exact) mass is 312 g/mol. The summed E-state index contributed by atoms with van der Waals surface area (Å²) in [7, 11) is -1.40. The number of hydrogen-bond acceptors (Lipinski definition) is 3. The molecule has 3 N–H and O–H groups in total. The van der Waals surface area contributed by atoms with Crippen LogP contribution in [-0.4, -0.2) is 40.8 Å². The number of sulfonamides is 1. The smallest absolute Gasteiger partial charge is 0.208 e. The summed E-state index contributed by atoms with van der Waals surface area (Å²) in [4.78, 5) is 4.12. The van der Waals surface area contributed by atoms with Crippen LogP contribution in [0, 0.1) is 6.92 Å². The number of hydrogen-bond donors (Lipinski definition) is 3. The van der Waals surface area contributed by atoms with Gasteiger partial charge in [-0.3, -0.25) is 4.99 Å². The second kappa shape index (κ2) is 8.63. The molecule has 0 amide bonds. The summed E-state index contributed by atoms with van der Waals surface area (Å²) in [5, 5.41) is 6.35. The van der Waals surface area contributed by atoms with Crippen molar-refractivity contribution in [3.05, 3.63) is 35.4 Å². The van der Waals surface area contributed by atoms with E-state index >= 15 is 0 Å². The minimum absolute atomic E-state index is 0.417. The average molecular weight is 312 g/mol. The van der Waals surface area contributed by atoms with E-state index in [0.29, 0.717) is 32.0 Å². The van der Waals surface area contributed by atoms with E-state index in [2.05, 4.69) is 51.5 Å². The van der Waals surface area contributed by atoms with Gasteiger partial charge in [-0.05, 0) is 18.9 Å². The molecule has 0 aromatic heterocycles. The maximum absolute atomic E-state index is 10.9.